The Morgan fingerprint density at radius 3 is 2.70 bits per heavy atom. The molecule has 3 aromatic rings. The van der Waals surface area contributed by atoms with E-state index in [1.54, 1.807) is 4.90 Å². The second kappa shape index (κ2) is 7.86. The fraction of sp³-hybridized carbons (Fsp3) is 0.350. The van der Waals surface area contributed by atoms with Gasteiger partial charge in [-0.3, -0.25) is 23.5 Å². The molecule has 0 unspecified atom stereocenters. The summed E-state index contributed by atoms with van der Waals surface area (Å²) in [6.07, 6.45) is 2.28. The number of thiophene rings is 1. The molecule has 0 bridgehead atoms. The first kappa shape index (κ1) is 20.0. The number of aromatic nitrogens is 4. The Morgan fingerprint density at radius 1 is 1.17 bits per heavy atom. The monoisotopic (exact) mass is 427 g/mol. The molecular formula is C20H21N5O4S. The first-order valence-corrected chi connectivity index (χ1v) is 10.5. The lowest BCUT2D eigenvalue weighted by atomic mass is 10.0. The molecule has 0 aliphatic carbocycles. The van der Waals surface area contributed by atoms with E-state index in [1.165, 1.54) is 42.1 Å². The van der Waals surface area contributed by atoms with Crippen LogP contribution in [0.1, 0.15) is 41.6 Å². The van der Waals surface area contributed by atoms with Crippen molar-refractivity contribution in [1.29, 1.82) is 0 Å². The highest BCUT2D eigenvalue weighted by atomic mass is 32.1. The third-order valence-corrected chi connectivity index (χ3v) is 6.08. The Balaban J connectivity index is 1.77. The van der Waals surface area contributed by atoms with Crippen molar-refractivity contribution in [2.24, 2.45) is 14.1 Å². The van der Waals surface area contributed by atoms with Gasteiger partial charge in [0.1, 0.15) is 11.5 Å². The lowest BCUT2D eigenvalue weighted by Crippen LogP contribution is -2.45. The number of nitrogens with one attached hydrogen (secondary N) is 1. The highest BCUT2D eigenvalue weighted by molar-refractivity contribution is 7.08. The van der Waals surface area contributed by atoms with Crippen LogP contribution in [0.2, 0.25) is 0 Å². The maximum absolute atomic E-state index is 13.3. The summed E-state index contributed by atoms with van der Waals surface area (Å²) in [5, 5.41) is 3.82. The summed E-state index contributed by atoms with van der Waals surface area (Å²) in [6, 6.07) is 4.05. The maximum atomic E-state index is 13.3. The van der Waals surface area contributed by atoms with E-state index in [0.717, 1.165) is 23.0 Å². The van der Waals surface area contributed by atoms with Crippen LogP contribution >= 0.6 is 11.3 Å². The van der Waals surface area contributed by atoms with Gasteiger partial charge in [-0.05, 0) is 30.7 Å². The van der Waals surface area contributed by atoms with Gasteiger partial charge in [0.25, 0.3) is 17.0 Å². The number of H-pyrrole nitrogens is 1. The Labute approximate surface area is 175 Å². The molecule has 1 atom stereocenters. The molecule has 3 aromatic heterocycles. The number of rotatable bonds is 3. The third kappa shape index (κ3) is 3.54. The highest BCUT2D eigenvalue weighted by Gasteiger charge is 2.32. The lowest BCUT2D eigenvalue weighted by Gasteiger charge is -2.35. The topological polar surface area (TPSA) is 110 Å². The number of aromatic amines is 1. The van der Waals surface area contributed by atoms with E-state index < -0.39 is 23.2 Å². The van der Waals surface area contributed by atoms with Gasteiger partial charge in [-0.15, -0.1) is 0 Å². The van der Waals surface area contributed by atoms with Crippen molar-refractivity contribution in [2.45, 2.75) is 25.3 Å². The van der Waals surface area contributed by atoms with Gasteiger partial charge < -0.3 is 9.88 Å². The average molecular weight is 427 g/mol. The molecule has 1 saturated heterocycles. The zero-order chi connectivity index (χ0) is 21.4. The van der Waals surface area contributed by atoms with Crippen LogP contribution in [0.5, 0.6) is 0 Å². The summed E-state index contributed by atoms with van der Waals surface area (Å²) >= 11 is 1.51. The van der Waals surface area contributed by atoms with E-state index in [2.05, 4.69) is 9.97 Å². The average Bonchev–Trinajstić information content (AvgIpc) is 3.29. The van der Waals surface area contributed by atoms with Crippen molar-refractivity contribution in [3.05, 3.63) is 71.7 Å². The molecule has 10 heteroatoms. The molecule has 0 aromatic carbocycles. The van der Waals surface area contributed by atoms with Gasteiger partial charge in [0, 0.05) is 43.7 Å². The largest absolute Gasteiger partial charge is 0.331 e. The number of carbonyl (C=O) groups is 1. The number of carbonyl (C=O) groups excluding carboxylic acids is 1. The minimum Gasteiger partial charge on any atom is -0.327 e. The first-order chi connectivity index (χ1) is 14.4. The van der Waals surface area contributed by atoms with Crippen LogP contribution in [0, 0.1) is 0 Å². The van der Waals surface area contributed by atoms with Crippen LogP contribution in [0.25, 0.3) is 11.3 Å². The van der Waals surface area contributed by atoms with Crippen LogP contribution in [0.4, 0.5) is 0 Å². The van der Waals surface area contributed by atoms with Gasteiger partial charge in [0.15, 0.2) is 0 Å². The summed E-state index contributed by atoms with van der Waals surface area (Å²) < 4.78 is 2.13. The second-order valence-corrected chi connectivity index (χ2v) is 8.09. The van der Waals surface area contributed by atoms with E-state index in [-0.39, 0.29) is 11.3 Å². The zero-order valence-corrected chi connectivity index (χ0v) is 17.4. The van der Waals surface area contributed by atoms with Crippen molar-refractivity contribution in [1.82, 2.24) is 24.0 Å². The Kier molecular flexibility index (Phi) is 5.25. The number of nitrogens with zero attached hydrogens (tertiary/aromatic N) is 4. The SMILES string of the molecule is Cn1c(C(=O)N2CCCC[C@H]2c2nc(-c3ccsc3)cc(=O)[nH]2)cc(=O)n(C)c1=O. The number of hydrogen-bond acceptors (Lipinski definition) is 6. The summed E-state index contributed by atoms with van der Waals surface area (Å²) in [7, 11) is 2.83. The number of amides is 1. The van der Waals surface area contributed by atoms with E-state index in [9.17, 15) is 19.2 Å². The van der Waals surface area contributed by atoms with Crippen molar-refractivity contribution < 1.29 is 4.79 Å². The van der Waals surface area contributed by atoms with Crippen molar-refractivity contribution >= 4 is 17.2 Å². The Hall–Kier alpha value is -3.27. The van der Waals surface area contributed by atoms with Crippen LogP contribution in [0.3, 0.4) is 0 Å². The van der Waals surface area contributed by atoms with Crippen LogP contribution in [-0.2, 0) is 14.1 Å². The fourth-order valence-corrected chi connectivity index (χ4v) is 4.39. The highest BCUT2D eigenvalue weighted by Crippen LogP contribution is 2.30. The molecule has 1 fully saturated rings. The maximum Gasteiger partial charge on any atom is 0.331 e. The number of hydrogen-bond donors (Lipinski definition) is 1. The molecule has 30 heavy (non-hydrogen) atoms. The third-order valence-electron chi connectivity index (χ3n) is 5.40. The minimum atomic E-state index is -0.564. The molecule has 0 spiro atoms. The van der Waals surface area contributed by atoms with Crippen molar-refractivity contribution in [3.8, 4) is 11.3 Å². The van der Waals surface area contributed by atoms with Crippen LogP contribution in [0.15, 0.2) is 43.3 Å². The smallest absolute Gasteiger partial charge is 0.327 e. The molecule has 4 heterocycles. The molecular weight excluding hydrogens is 406 g/mol. The molecule has 0 radical (unpaired) electrons. The second-order valence-electron chi connectivity index (χ2n) is 7.31. The number of piperidine rings is 1. The number of likely N-dealkylation sites (tertiary alicyclic amines) is 1. The summed E-state index contributed by atoms with van der Waals surface area (Å²) in [6.45, 7) is 0.444. The van der Waals surface area contributed by atoms with Gasteiger partial charge in [0.05, 0.1) is 11.7 Å². The molecule has 0 saturated carbocycles. The molecule has 1 aliphatic heterocycles. The van der Waals surface area contributed by atoms with Gasteiger partial charge in [-0.1, -0.05) is 0 Å². The van der Waals surface area contributed by atoms with Crippen molar-refractivity contribution in [2.75, 3.05) is 6.54 Å². The van der Waals surface area contributed by atoms with E-state index >= 15 is 0 Å². The minimum absolute atomic E-state index is 0.0198. The normalized spacial score (nSPS) is 16.6. The first-order valence-electron chi connectivity index (χ1n) is 9.58. The predicted molar refractivity (Wildman–Crippen MR) is 113 cm³/mol. The Morgan fingerprint density at radius 2 is 1.97 bits per heavy atom. The van der Waals surface area contributed by atoms with E-state index in [1.807, 2.05) is 16.8 Å². The van der Waals surface area contributed by atoms with Gasteiger partial charge in [0.2, 0.25) is 0 Å². The van der Waals surface area contributed by atoms with Gasteiger partial charge in [-0.25, -0.2) is 9.78 Å². The molecule has 1 aliphatic rings. The quantitative estimate of drug-likeness (QED) is 0.677. The lowest BCUT2D eigenvalue weighted by molar-refractivity contribution is 0.0587. The Bertz CT molecular complexity index is 1270. The molecule has 4 rings (SSSR count). The van der Waals surface area contributed by atoms with Gasteiger partial charge in [-0.2, -0.15) is 11.3 Å². The zero-order valence-electron chi connectivity index (χ0n) is 16.6. The fourth-order valence-electron chi connectivity index (χ4n) is 3.74. The van der Waals surface area contributed by atoms with Crippen molar-refractivity contribution in [3.63, 3.8) is 0 Å². The summed E-state index contributed by atoms with van der Waals surface area (Å²) in [5.41, 5.74) is 0.0156. The standard InChI is InChI=1S/C20H21N5O4S/c1-23-15(10-17(27)24(2)20(23)29)19(28)25-7-4-3-5-14(25)18-21-13(9-16(26)22-18)12-6-8-30-11-12/h6,8-11,14H,3-5,7H2,1-2H3,(H,21,22,26)/t14-/m0/s1. The van der Waals surface area contributed by atoms with Crippen LogP contribution < -0.4 is 16.8 Å². The molecule has 9 nitrogen and oxygen atoms in total. The molecule has 1 N–H and O–H groups in total. The summed E-state index contributed by atoms with van der Waals surface area (Å²) in [5.74, 6) is -0.0221. The summed E-state index contributed by atoms with van der Waals surface area (Å²) in [4.78, 5) is 58.9. The van der Waals surface area contributed by atoms with E-state index in [0.29, 0.717) is 24.5 Å². The van der Waals surface area contributed by atoms with E-state index in [4.69, 9.17) is 0 Å². The molecule has 156 valence electrons. The van der Waals surface area contributed by atoms with Gasteiger partial charge >= 0.3 is 5.69 Å². The predicted octanol–water partition coefficient (Wildman–Crippen LogP) is 1.26. The van der Waals surface area contributed by atoms with Crippen LogP contribution in [-0.4, -0.2) is 36.5 Å². The molecule has 1 amide bonds.